The van der Waals surface area contributed by atoms with E-state index in [1.54, 1.807) is 19.1 Å². The highest BCUT2D eigenvalue weighted by Gasteiger charge is 2.33. The van der Waals surface area contributed by atoms with Gasteiger partial charge in [0.2, 0.25) is 0 Å². The molecule has 3 unspecified atom stereocenters. The predicted molar refractivity (Wildman–Crippen MR) is 113 cm³/mol. The van der Waals surface area contributed by atoms with Crippen LogP contribution < -0.4 is 10.6 Å². The Hall–Kier alpha value is -2.69. The third-order valence-corrected chi connectivity index (χ3v) is 5.44. The molecule has 148 valence electrons. The number of nitrogens with zero attached hydrogens (tertiary/aromatic N) is 1. The number of carbonyl (C=O) groups excluding carboxylic acids is 1. The van der Waals surface area contributed by atoms with E-state index in [2.05, 4.69) is 29.5 Å². The Bertz CT molecular complexity index is 913. The van der Waals surface area contributed by atoms with Crippen LogP contribution in [0.1, 0.15) is 51.3 Å². The SMILES string of the molecule is CCC(C)Nc1cc(F)c(C(C)NC(=O)C2=NC3(C)C=CC=CC3=C2)cc1C. The van der Waals surface area contributed by atoms with E-state index in [-0.39, 0.29) is 17.8 Å². The van der Waals surface area contributed by atoms with E-state index in [9.17, 15) is 9.18 Å². The molecule has 4 nitrogen and oxygen atoms in total. The van der Waals surface area contributed by atoms with Crippen molar-refractivity contribution in [3.63, 3.8) is 0 Å². The van der Waals surface area contributed by atoms with Gasteiger partial charge >= 0.3 is 0 Å². The molecular formula is C23H28FN3O. The molecule has 1 aromatic carbocycles. The lowest BCUT2D eigenvalue weighted by atomic mass is 9.90. The molecule has 2 N–H and O–H groups in total. The molecule has 0 saturated heterocycles. The van der Waals surface area contributed by atoms with E-state index < -0.39 is 11.6 Å². The summed E-state index contributed by atoms with van der Waals surface area (Å²) in [5, 5.41) is 6.20. The number of nitrogens with one attached hydrogen (secondary N) is 2. The predicted octanol–water partition coefficient (Wildman–Crippen LogP) is 4.79. The minimum atomic E-state index is -0.490. The Morgan fingerprint density at radius 2 is 2.04 bits per heavy atom. The Kier molecular flexibility index (Phi) is 5.54. The van der Waals surface area contributed by atoms with E-state index in [4.69, 9.17) is 0 Å². The van der Waals surface area contributed by atoms with Crippen LogP contribution in [0.2, 0.25) is 0 Å². The largest absolute Gasteiger partial charge is 0.382 e. The van der Waals surface area contributed by atoms with Crippen molar-refractivity contribution in [1.29, 1.82) is 0 Å². The van der Waals surface area contributed by atoms with Crippen LogP contribution in [0.3, 0.4) is 0 Å². The smallest absolute Gasteiger partial charge is 0.269 e. The van der Waals surface area contributed by atoms with Crippen LogP contribution in [0.15, 0.2) is 53.1 Å². The van der Waals surface area contributed by atoms with Crippen molar-refractivity contribution in [3.8, 4) is 0 Å². The van der Waals surface area contributed by atoms with Gasteiger partial charge in [0.15, 0.2) is 0 Å². The van der Waals surface area contributed by atoms with Crippen LogP contribution in [-0.2, 0) is 4.79 Å². The molecule has 1 aliphatic heterocycles. The average molecular weight is 381 g/mol. The van der Waals surface area contributed by atoms with Gasteiger partial charge in [-0.15, -0.1) is 0 Å². The van der Waals surface area contributed by atoms with Crippen LogP contribution in [0.4, 0.5) is 10.1 Å². The number of aryl methyl sites for hydroxylation is 1. The molecule has 0 radical (unpaired) electrons. The average Bonchev–Trinajstić information content (AvgIpc) is 3.01. The molecule has 5 heteroatoms. The van der Waals surface area contributed by atoms with Crippen molar-refractivity contribution in [2.75, 3.05) is 5.32 Å². The van der Waals surface area contributed by atoms with Crippen molar-refractivity contribution in [2.45, 2.75) is 58.7 Å². The summed E-state index contributed by atoms with van der Waals surface area (Å²) < 4.78 is 14.7. The molecule has 1 heterocycles. The molecule has 28 heavy (non-hydrogen) atoms. The quantitative estimate of drug-likeness (QED) is 0.744. The van der Waals surface area contributed by atoms with Gasteiger partial charge in [-0.1, -0.05) is 31.2 Å². The molecule has 1 aromatic rings. The number of halogens is 1. The first-order valence-electron chi connectivity index (χ1n) is 9.79. The maximum Gasteiger partial charge on any atom is 0.269 e. The van der Waals surface area contributed by atoms with Gasteiger partial charge in [-0.25, -0.2) is 4.39 Å². The van der Waals surface area contributed by atoms with Crippen molar-refractivity contribution in [1.82, 2.24) is 5.32 Å². The van der Waals surface area contributed by atoms with E-state index in [0.717, 1.165) is 23.2 Å². The summed E-state index contributed by atoms with van der Waals surface area (Å²) in [4.78, 5) is 17.2. The number of carbonyl (C=O) groups is 1. The maximum absolute atomic E-state index is 14.7. The third-order valence-electron chi connectivity index (χ3n) is 5.44. The van der Waals surface area contributed by atoms with E-state index in [1.807, 2.05) is 38.2 Å². The second-order valence-corrected chi connectivity index (χ2v) is 7.80. The number of anilines is 1. The molecule has 0 bridgehead atoms. The monoisotopic (exact) mass is 381 g/mol. The summed E-state index contributed by atoms with van der Waals surface area (Å²) >= 11 is 0. The van der Waals surface area contributed by atoms with E-state index in [0.29, 0.717) is 11.3 Å². The molecular weight excluding hydrogens is 353 g/mol. The molecule has 0 saturated carbocycles. The van der Waals surface area contributed by atoms with Gasteiger partial charge in [0, 0.05) is 17.3 Å². The summed E-state index contributed by atoms with van der Waals surface area (Å²) in [5.41, 5.74) is 3.07. The highest BCUT2D eigenvalue weighted by Crippen LogP contribution is 2.32. The number of allylic oxidation sites excluding steroid dienone is 2. The molecule has 3 atom stereocenters. The van der Waals surface area contributed by atoms with Crippen LogP contribution in [0.25, 0.3) is 0 Å². The molecule has 2 aliphatic rings. The van der Waals surface area contributed by atoms with Crippen LogP contribution in [0, 0.1) is 12.7 Å². The Morgan fingerprint density at radius 3 is 2.71 bits per heavy atom. The Balaban J connectivity index is 1.76. The lowest BCUT2D eigenvalue weighted by Crippen LogP contribution is -2.32. The zero-order chi connectivity index (χ0) is 20.5. The van der Waals surface area contributed by atoms with Gasteiger partial charge in [0.25, 0.3) is 5.91 Å². The second-order valence-electron chi connectivity index (χ2n) is 7.80. The number of fused-ring (bicyclic) bond motifs is 1. The van der Waals surface area contributed by atoms with Crippen molar-refractivity contribution in [3.05, 3.63) is 65.0 Å². The number of aliphatic imine (C=N–C) groups is 1. The highest BCUT2D eigenvalue weighted by atomic mass is 19.1. The van der Waals surface area contributed by atoms with E-state index >= 15 is 0 Å². The molecule has 1 aliphatic carbocycles. The highest BCUT2D eigenvalue weighted by molar-refractivity contribution is 6.44. The van der Waals surface area contributed by atoms with E-state index in [1.165, 1.54) is 6.07 Å². The maximum atomic E-state index is 14.7. The van der Waals surface area contributed by atoms with Gasteiger partial charge in [-0.05, 0) is 63.5 Å². The Morgan fingerprint density at radius 1 is 1.29 bits per heavy atom. The summed E-state index contributed by atoms with van der Waals surface area (Å²) in [7, 11) is 0. The topological polar surface area (TPSA) is 53.5 Å². The van der Waals surface area contributed by atoms with Gasteiger partial charge < -0.3 is 10.6 Å². The lowest BCUT2D eigenvalue weighted by Gasteiger charge is -2.21. The zero-order valence-corrected chi connectivity index (χ0v) is 17.1. The van der Waals surface area contributed by atoms with Gasteiger partial charge in [-0.2, -0.15) is 0 Å². The first-order valence-corrected chi connectivity index (χ1v) is 9.79. The summed E-state index contributed by atoms with van der Waals surface area (Å²) in [6.45, 7) is 9.84. The molecule has 0 aromatic heterocycles. The number of amides is 1. The third kappa shape index (κ3) is 3.93. The second kappa shape index (κ2) is 7.74. The first-order chi connectivity index (χ1) is 13.2. The van der Waals surface area contributed by atoms with Gasteiger partial charge in [0.05, 0.1) is 6.04 Å². The van der Waals surface area contributed by atoms with Crippen molar-refractivity contribution in [2.24, 2.45) is 4.99 Å². The summed E-state index contributed by atoms with van der Waals surface area (Å²) in [6, 6.07) is 3.11. The summed E-state index contributed by atoms with van der Waals surface area (Å²) in [6.07, 6.45) is 10.5. The zero-order valence-electron chi connectivity index (χ0n) is 17.1. The number of hydrogen-bond acceptors (Lipinski definition) is 3. The number of hydrogen-bond donors (Lipinski definition) is 2. The minimum absolute atomic E-state index is 0.266. The molecule has 1 amide bonds. The van der Waals surface area contributed by atoms with Gasteiger partial charge in [0.1, 0.15) is 17.1 Å². The summed E-state index contributed by atoms with van der Waals surface area (Å²) in [5.74, 6) is -0.626. The van der Waals surface area contributed by atoms with Crippen LogP contribution in [0.5, 0.6) is 0 Å². The molecule has 0 fully saturated rings. The first kappa shape index (κ1) is 20.1. The number of rotatable bonds is 6. The minimum Gasteiger partial charge on any atom is -0.382 e. The van der Waals surface area contributed by atoms with Crippen LogP contribution >= 0.6 is 0 Å². The normalized spacial score (nSPS) is 22.2. The lowest BCUT2D eigenvalue weighted by molar-refractivity contribution is -0.115. The molecule has 3 rings (SSSR count). The van der Waals surface area contributed by atoms with Crippen molar-refractivity contribution < 1.29 is 9.18 Å². The fourth-order valence-corrected chi connectivity index (χ4v) is 3.42. The fraction of sp³-hybridized carbons (Fsp3) is 0.391. The standard InChI is InChI=1S/C23H28FN3O/c1-6-15(3)25-20-13-19(24)18(11-14(20)2)16(4)26-22(28)21-12-17-9-7-8-10-23(17,5)27-21/h7-13,15-16,25H,6H2,1-5H3,(H,26,28). The fourth-order valence-electron chi connectivity index (χ4n) is 3.42. The number of benzene rings is 1. The van der Waals surface area contributed by atoms with Gasteiger partial charge in [-0.3, -0.25) is 9.79 Å². The van der Waals surface area contributed by atoms with Crippen LogP contribution in [-0.4, -0.2) is 23.2 Å². The molecule has 0 spiro atoms. The Labute approximate surface area is 166 Å². The van der Waals surface area contributed by atoms with Crippen molar-refractivity contribution >= 4 is 17.3 Å².